The van der Waals surface area contributed by atoms with E-state index in [-0.39, 0.29) is 51.7 Å². The number of aliphatic hydroxyl groups is 1. The van der Waals surface area contributed by atoms with Crippen molar-refractivity contribution < 1.29 is 51.0 Å². The lowest BCUT2D eigenvalue weighted by atomic mass is 9.93. The Morgan fingerprint density at radius 3 is 2.33 bits per heavy atom. The Morgan fingerprint density at radius 1 is 0.923 bits per heavy atom. The lowest BCUT2D eigenvalue weighted by molar-refractivity contribution is -0.274. The van der Waals surface area contributed by atoms with Gasteiger partial charge in [-0.3, -0.25) is 9.32 Å². The number of benzene rings is 3. The molecule has 5 N–H and O–H groups in total. The topological polar surface area (TPSA) is 162 Å². The highest BCUT2D eigenvalue weighted by atomic mass is 31.2. The molecule has 10 nitrogen and oxygen atoms in total. The maximum atomic E-state index is 13.2. The summed E-state index contributed by atoms with van der Waals surface area (Å²) in [5.41, 5.74) is 5.36. The van der Waals surface area contributed by atoms with Gasteiger partial charge in [-0.25, -0.2) is 4.57 Å². The SMILES string of the molecule is NC(CO)(CCc1ccc2oc3cc(Oc4cccc(OC(F)(F)F)c4)ccc3c(=O)c2c1)COP(=O)(O)O. The molecule has 0 aliphatic rings. The highest BCUT2D eigenvalue weighted by Gasteiger charge is 2.31. The van der Waals surface area contributed by atoms with Crippen LogP contribution in [-0.2, 0) is 15.5 Å². The number of hydrogen-bond acceptors (Lipinski definition) is 8. The van der Waals surface area contributed by atoms with Crippen LogP contribution in [0.15, 0.2) is 69.9 Å². The molecule has 39 heavy (non-hydrogen) atoms. The zero-order valence-electron chi connectivity index (χ0n) is 20.1. The third-order valence-corrected chi connectivity index (χ3v) is 6.19. The number of hydrogen-bond donors (Lipinski definition) is 4. The number of nitrogens with two attached hydrogens (primary N) is 1. The Hall–Kier alpha value is -3.45. The minimum Gasteiger partial charge on any atom is -0.457 e. The molecule has 14 heteroatoms. The van der Waals surface area contributed by atoms with E-state index >= 15 is 0 Å². The third-order valence-electron chi connectivity index (χ3n) is 5.73. The molecule has 0 amide bonds. The number of aryl methyl sites for hydroxylation is 1. The Bertz CT molecular complexity index is 1600. The first-order valence-corrected chi connectivity index (χ1v) is 12.9. The summed E-state index contributed by atoms with van der Waals surface area (Å²) in [6, 6.07) is 14.2. The summed E-state index contributed by atoms with van der Waals surface area (Å²) in [6.07, 6.45) is -4.49. The van der Waals surface area contributed by atoms with Gasteiger partial charge in [-0.2, -0.15) is 0 Å². The molecule has 0 radical (unpaired) electrons. The molecule has 0 aliphatic heterocycles. The van der Waals surface area contributed by atoms with E-state index in [0.29, 0.717) is 5.56 Å². The van der Waals surface area contributed by atoms with Gasteiger partial charge in [-0.1, -0.05) is 12.1 Å². The van der Waals surface area contributed by atoms with Gasteiger partial charge in [0.05, 0.1) is 29.5 Å². The number of phosphoric ester groups is 1. The number of rotatable bonds is 10. The van der Waals surface area contributed by atoms with E-state index < -0.39 is 38.7 Å². The molecular formula is C25H23F3NO9P. The molecule has 208 valence electrons. The second kappa shape index (κ2) is 11.0. The zero-order chi connectivity index (χ0) is 28.4. The van der Waals surface area contributed by atoms with Crippen molar-refractivity contribution in [2.45, 2.75) is 24.7 Å². The smallest absolute Gasteiger partial charge is 0.457 e. The van der Waals surface area contributed by atoms with Crippen molar-refractivity contribution >= 4 is 29.8 Å². The first kappa shape index (κ1) is 28.6. The molecule has 0 spiro atoms. The quantitative estimate of drug-likeness (QED) is 0.159. The minimum atomic E-state index is -4.85. The summed E-state index contributed by atoms with van der Waals surface area (Å²) >= 11 is 0. The van der Waals surface area contributed by atoms with Crippen molar-refractivity contribution in [3.63, 3.8) is 0 Å². The maximum absolute atomic E-state index is 13.2. The van der Waals surface area contributed by atoms with Gasteiger partial charge < -0.3 is 34.5 Å². The molecular weight excluding hydrogens is 546 g/mol. The van der Waals surface area contributed by atoms with Crippen LogP contribution in [0.2, 0.25) is 0 Å². The second-order valence-corrected chi connectivity index (χ2v) is 10.1. The first-order chi connectivity index (χ1) is 18.2. The number of halogens is 3. The second-order valence-electron chi connectivity index (χ2n) is 8.83. The van der Waals surface area contributed by atoms with Gasteiger partial charge in [0.2, 0.25) is 5.43 Å². The van der Waals surface area contributed by atoms with E-state index in [2.05, 4.69) is 9.26 Å². The van der Waals surface area contributed by atoms with Crippen LogP contribution in [0.3, 0.4) is 0 Å². The van der Waals surface area contributed by atoms with Crippen LogP contribution >= 0.6 is 7.82 Å². The number of fused-ring (bicyclic) bond motifs is 2. The van der Waals surface area contributed by atoms with Gasteiger partial charge in [0.25, 0.3) is 0 Å². The standard InChI is InChI=1S/C25H23F3NO9P/c26-25(27,28)38-18-3-1-2-16(11-18)36-17-5-6-19-22(12-17)37-21-7-4-15(10-20(21)23(19)31)8-9-24(29,13-30)14-35-39(32,33)34/h1-7,10-12,30H,8-9,13-14,29H2,(H2,32,33,34). The molecule has 0 saturated carbocycles. The fourth-order valence-corrected chi connectivity index (χ4v) is 4.20. The third kappa shape index (κ3) is 7.57. The zero-order valence-corrected chi connectivity index (χ0v) is 20.9. The van der Waals surface area contributed by atoms with Gasteiger partial charge in [0, 0.05) is 12.1 Å². The fourth-order valence-electron chi connectivity index (χ4n) is 3.77. The lowest BCUT2D eigenvalue weighted by Gasteiger charge is -2.27. The van der Waals surface area contributed by atoms with Gasteiger partial charge in [-0.15, -0.1) is 13.2 Å². The van der Waals surface area contributed by atoms with Gasteiger partial charge in [0.1, 0.15) is 28.4 Å². The summed E-state index contributed by atoms with van der Waals surface area (Å²) in [5.74, 6) is -0.158. The van der Waals surface area contributed by atoms with Crippen LogP contribution in [0.25, 0.3) is 21.9 Å². The molecule has 1 heterocycles. The van der Waals surface area contributed by atoms with Crippen LogP contribution in [0.1, 0.15) is 12.0 Å². The number of ether oxygens (including phenoxy) is 2. The first-order valence-electron chi connectivity index (χ1n) is 11.4. The Balaban J connectivity index is 1.55. The van der Waals surface area contributed by atoms with Crippen molar-refractivity contribution in [1.29, 1.82) is 0 Å². The van der Waals surface area contributed by atoms with Crippen molar-refractivity contribution in [3.05, 3.63) is 76.5 Å². The van der Waals surface area contributed by atoms with E-state index in [1.54, 1.807) is 18.2 Å². The van der Waals surface area contributed by atoms with E-state index in [4.69, 9.17) is 24.7 Å². The maximum Gasteiger partial charge on any atom is 0.573 e. The monoisotopic (exact) mass is 569 g/mol. The normalized spacial score (nSPS) is 13.9. The molecule has 1 unspecified atom stereocenters. The van der Waals surface area contributed by atoms with E-state index in [1.165, 1.54) is 30.3 Å². The molecule has 4 aromatic rings. The largest absolute Gasteiger partial charge is 0.573 e. The number of phosphoric acid groups is 1. The molecule has 0 bridgehead atoms. The van der Waals surface area contributed by atoms with Crippen molar-refractivity contribution in [1.82, 2.24) is 0 Å². The molecule has 0 saturated heterocycles. The summed E-state index contributed by atoms with van der Waals surface area (Å²) in [6.45, 7) is -1.16. The van der Waals surface area contributed by atoms with Crippen LogP contribution in [0, 0.1) is 0 Å². The number of aliphatic hydroxyl groups excluding tert-OH is 1. The van der Waals surface area contributed by atoms with Crippen LogP contribution in [0.4, 0.5) is 13.2 Å². The Kier molecular flexibility index (Phi) is 8.03. The molecule has 0 fully saturated rings. The van der Waals surface area contributed by atoms with Gasteiger partial charge >= 0.3 is 14.2 Å². The van der Waals surface area contributed by atoms with Crippen LogP contribution < -0.4 is 20.6 Å². The summed E-state index contributed by atoms with van der Waals surface area (Å²) in [7, 11) is -4.77. The molecule has 3 aromatic carbocycles. The highest BCUT2D eigenvalue weighted by Crippen LogP contribution is 2.37. The minimum absolute atomic E-state index is 0.0777. The lowest BCUT2D eigenvalue weighted by Crippen LogP contribution is -2.48. The van der Waals surface area contributed by atoms with Crippen molar-refractivity contribution in [2.24, 2.45) is 5.73 Å². The van der Waals surface area contributed by atoms with E-state index in [9.17, 15) is 27.6 Å². The fraction of sp³-hybridized carbons (Fsp3) is 0.240. The predicted octanol–water partition coefficient (Wildman–Crippen LogP) is 4.37. The highest BCUT2D eigenvalue weighted by molar-refractivity contribution is 7.46. The molecule has 1 atom stereocenters. The Labute approximate surface area is 218 Å². The summed E-state index contributed by atoms with van der Waals surface area (Å²) in [5, 5.41) is 10.1. The van der Waals surface area contributed by atoms with Gasteiger partial charge in [0.15, 0.2) is 0 Å². The van der Waals surface area contributed by atoms with E-state index in [0.717, 1.165) is 12.1 Å². The average Bonchev–Trinajstić information content (AvgIpc) is 2.85. The summed E-state index contributed by atoms with van der Waals surface area (Å²) in [4.78, 5) is 30.9. The molecule has 1 aromatic heterocycles. The van der Waals surface area contributed by atoms with Crippen LogP contribution in [0.5, 0.6) is 17.2 Å². The molecule has 4 rings (SSSR count). The van der Waals surface area contributed by atoms with Crippen LogP contribution in [-0.4, -0.2) is 40.0 Å². The molecule has 0 aliphatic carbocycles. The number of alkyl halides is 3. The van der Waals surface area contributed by atoms with Crippen molar-refractivity contribution in [3.8, 4) is 17.2 Å². The predicted molar refractivity (Wildman–Crippen MR) is 134 cm³/mol. The average molecular weight is 569 g/mol. The van der Waals surface area contributed by atoms with Gasteiger partial charge in [-0.05, 0) is 54.8 Å². The Morgan fingerprint density at radius 2 is 1.64 bits per heavy atom. The van der Waals surface area contributed by atoms with E-state index in [1.807, 2.05) is 0 Å². The summed E-state index contributed by atoms with van der Waals surface area (Å²) < 4.78 is 68.3. The van der Waals surface area contributed by atoms with Crippen molar-refractivity contribution in [2.75, 3.05) is 13.2 Å².